The molecule has 1 aliphatic rings. The topological polar surface area (TPSA) is 83.4 Å². The van der Waals surface area contributed by atoms with Crippen molar-refractivity contribution in [1.82, 2.24) is 19.4 Å². The van der Waals surface area contributed by atoms with Crippen molar-refractivity contribution in [3.63, 3.8) is 0 Å². The van der Waals surface area contributed by atoms with Gasteiger partial charge in [-0.25, -0.2) is 4.98 Å². The van der Waals surface area contributed by atoms with E-state index in [-0.39, 0.29) is 5.56 Å². The summed E-state index contributed by atoms with van der Waals surface area (Å²) in [5, 5.41) is 4.40. The van der Waals surface area contributed by atoms with Gasteiger partial charge in [-0.3, -0.25) is 13.6 Å². The maximum atomic E-state index is 13.5. The number of piperazine rings is 1. The average Bonchev–Trinajstić information content (AvgIpc) is 2.90. The first-order chi connectivity index (χ1) is 17.8. The van der Waals surface area contributed by atoms with Crippen molar-refractivity contribution in [2.24, 2.45) is 0 Å². The van der Waals surface area contributed by atoms with E-state index in [1.165, 1.54) is 5.69 Å². The lowest BCUT2D eigenvalue weighted by Crippen LogP contribution is -2.44. The van der Waals surface area contributed by atoms with Crippen LogP contribution in [0.25, 0.3) is 22.2 Å². The van der Waals surface area contributed by atoms with E-state index in [2.05, 4.69) is 44.3 Å². The lowest BCUT2D eigenvalue weighted by molar-refractivity contribution is 0.313. The van der Waals surface area contributed by atoms with Gasteiger partial charge in [-0.2, -0.15) is 4.98 Å². The van der Waals surface area contributed by atoms with Gasteiger partial charge in [-0.05, 0) is 62.5 Å². The molecule has 3 heterocycles. The van der Waals surface area contributed by atoms with Crippen molar-refractivity contribution < 1.29 is 4.21 Å². The number of anilines is 3. The molecule has 37 heavy (non-hydrogen) atoms. The predicted molar refractivity (Wildman–Crippen MR) is 152 cm³/mol. The molecule has 5 rings (SSSR count). The van der Waals surface area contributed by atoms with Crippen molar-refractivity contribution in [2.45, 2.75) is 18.4 Å². The molecule has 1 unspecified atom stereocenters. The van der Waals surface area contributed by atoms with Gasteiger partial charge in [0.2, 0.25) is 5.95 Å². The highest BCUT2D eigenvalue weighted by atomic mass is 35.5. The van der Waals surface area contributed by atoms with Gasteiger partial charge in [-0.15, -0.1) is 0 Å². The lowest BCUT2D eigenvalue weighted by Gasteiger charge is -2.34. The summed E-state index contributed by atoms with van der Waals surface area (Å²) in [4.78, 5) is 28.0. The fourth-order valence-corrected chi connectivity index (χ4v) is 5.31. The molecule has 4 aromatic rings. The van der Waals surface area contributed by atoms with E-state index in [0.717, 1.165) is 31.9 Å². The third kappa shape index (κ3) is 5.25. The molecule has 2 aromatic heterocycles. The summed E-state index contributed by atoms with van der Waals surface area (Å²) in [5.41, 5.74) is 3.36. The maximum absolute atomic E-state index is 13.5. The maximum Gasteiger partial charge on any atom is 0.260 e. The zero-order valence-electron chi connectivity index (χ0n) is 21.1. The van der Waals surface area contributed by atoms with Crippen LogP contribution in [0.4, 0.5) is 17.3 Å². The number of benzene rings is 2. The van der Waals surface area contributed by atoms with Crippen molar-refractivity contribution in [3.8, 4) is 11.1 Å². The quantitative estimate of drug-likeness (QED) is 0.392. The molecule has 1 saturated heterocycles. The van der Waals surface area contributed by atoms with Gasteiger partial charge in [0.1, 0.15) is 5.65 Å². The molecule has 0 saturated carbocycles. The molecule has 0 aliphatic carbocycles. The third-order valence-electron chi connectivity index (χ3n) is 6.70. The fourth-order valence-electron chi connectivity index (χ4n) is 4.54. The Balaban J connectivity index is 1.46. The summed E-state index contributed by atoms with van der Waals surface area (Å²) in [7, 11) is 0.953. The van der Waals surface area contributed by atoms with E-state index in [1.807, 2.05) is 19.1 Å². The van der Waals surface area contributed by atoms with Crippen LogP contribution in [0, 0.1) is 0 Å². The minimum absolute atomic E-state index is 0.211. The Morgan fingerprint density at radius 3 is 2.43 bits per heavy atom. The first-order valence-corrected chi connectivity index (χ1v) is 14.1. The number of likely N-dealkylation sites (N-methyl/N-ethyl adjacent to an activating group) is 1. The van der Waals surface area contributed by atoms with E-state index < -0.39 is 10.8 Å². The zero-order chi connectivity index (χ0) is 26.1. The smallest absolute Gasteiger partial charge is 0.260 e. The van der Waals surface area contributed by atoms with Crippen LogP contribution >= 0.6 is 11.6 Å². The molecule has 0 spiro atoms. The highest BCUT2D eigenvalue weighted by molar-refractivity contribution is 7.84. The van der Waals surface area contributed by atoms with Crippen molar-refractivity contribution in [2.75, 3.05) is 49.7 Å². The molecule has 1 aliphatic heterocycles. The summed E-state index contributed by atoms with van der Waals surface area (Å²) in [6.07, 6.45) is 3.30. The molecule has 0 bridgehead atoms. The minimum atomic E-state index is -1.19. The Morgan fingerprint density at radius 2 is 1.76 bits per heavy atom. The number of rotatable bonds is 6. The SMILES string of the molecule is CCn1c(=O)c(-c2cc(S(C)=O)ccc2Cl)cc2cnc(Nc3ccc(N4CCN(C)CC4)cc3)nc21. The Hall–Kier alpha value is -3.27. The average molecular weight is 537 g/mol. The second-order valence-corrected chi connectivity index (χ2v) is 10.9. The largest absolute Gasteiger partial charge is 0.369 e. The van der Waals surface area contributed by atoms with E-state index in [1.54, 1.807) is 41.3 Å². The Bertz CT molecular complexity index is 1530. The van der Waals surface area contributed by atoms with Crippen molar-refractivity contribution in [3.05, 3.63) is 70.1 Å². The van der Waals surface area contributed by atoms with Gasteiger partial charge < -0.3 is 15.1 Å². The molecule has 1 atom stereocenters. The van der Waals surface area contributed by atoms with E-state index in [4.69, 9.17) is 11.6 Å². The number of halogens is 1. The molecular weight excluding hydrogens is 508 g/mol. The monoisotopic (exact) mass is 536 g/mol. The molecule has 2 aromatic carbocycles. The number of nitrogens with one attached hydrogen (secondary N) is 1. The van der Waals surface area contributed by atoms with E-state index in [9.17, 15) is 9.00 Å². The number of aryl methyl sites for hydroxylation is 1. The number of nitrogens with zero attached hydrogens (tertiary/aromatic N) is 5. The Morgan fingerprint density at radius 1 is 1.03 bits per heavy atom. The van der Waals surface area contributed by atoms with Gasteiger partial charge in [0.05, 0.1) is 0 Å². The highest BCUT2D eigenvalue weighted by Gasteiger charge is 2.17. The van der Waals surface area contributed by atoms with Gasteiger partial charge >= 0.3 is 0 Å². The predicted octanol–water partition coefficient (Wildman–Crippen LogP) is 4.36. The molecule has 1 fully saturated rings. The van der Waals surface area contributed by atoms with Crippen LogP contribution in [0.15, 0.2) is 64.4 Å². The standard InChI is InChI=1S/C27H29ClN6O2S/c1-4-34-25-18(15-23(26(34)35)22-16-21(37(3)36)9-10-24(22)28)17-29-27(31-25)30-19-5-7-20(8-6-19)33-13-11-32(2)12-14-33/h5-10,15-17H,4,11-14H2,1-3H3,(H,29,30,31). The fraction of sp³-hybridized carbons (Fsp3) is 0.296. The second kappa shape index (κ2) is 10.6. The first-order valence-electron chi connectivity index (χ1n) is 12.2. The van der Waals surface area contributed by atoms with E-state index in [0.29, 0.717) is 44.6 Å². The van der Waals surface area contributed by atoms with Crippen LogP contribution in [-0.2, 0) is 17.3 Å². The molecule has 8 nitrogen and oxygen atoms in total. The Kier molecular flexibility index (Phi) is 7.28. The van der Waals surface area contributed by atoms with Crippen LogP contribution in [0.3, 0.4) is 0 Å². The summed E-state index contributed by atoms with van der Waals surface area (Å²) in [6, 6.07) is 15.1. The number of aromatic nitrogens is 3. The normalized spacial score (nSPS) is 15.2. The first kappa shape index (κ1) is 25.4. The molecule has 192 valence electrons. The number of hydrogen-bond donors (Lipinski definition) is 1. The number of fused-ring (bicyclic) bond motifs is 1. The molecule has 0 radical (unpaired) electrons. The number of hydrogen-bond acceptors (Lipinski definition) is 7. The molecule has 10 heteroatoms. The van der Waals surface area contributed by atoms with Crippen LogP contribution in [0.2, 0.25) is 5.02 Å². The lowest BCUT2D eigenvalue weighted by atomic mass is 10.1. The third-order valence-corrected chi connectivity index (χ3v) is 7.94. The van der Waals surface area contributed by atoms with Crippen LogP contribution in [0.5, 0.6) is 0 Å². The molecular formula is C27H29ClN6O2S. The summed E-state index contributed by atoms with van der Waals surface area (Å²) in [5.74, 6) is 0.413. The minimum Gasteiger partial charge on any atom is -0.369 e. The van der Waals surface area contributed by atoms with Gasteiger partial charge in [0, 0.05) is 93.8 Å². The highest BCUT2D eigenvalue weighted by Crippen LogP contribution is 2.30. The van der Waals surface area contributed by atoms with Crippen molar-refractivity contribution >= 4 is 50.8 Å². The number of pyridine rings is 1. The van der Waals surface area contributed by atoms with Crippen LogP contribution in [-0.4, -0.2) is 63.1 Å². The zero-order valence-corrected chi connectivity index (χ0v) is 22.6. The summed E-state index contributed by atoms with van der Waals surface area (Å²) >= 11 is 6.44. The molecule has 0 amide bonds. The van der Waals surface area contributed by atoms with Crippen LogP contribution < -0.4 is 15.8 Å². The van der Waals surface area contributed by atoms with Crippen molar-refractivity contribution in [1.29, 1.82) is 0 Å². The summed E-state index contributed by atoms with van der Waals surface area (Å²) < 4.78 is 13.6. The Labute approximate surface area is 223 Å². The van der Waals surface area contributed by atoms with Gasteiger partial charge in [-0.1, -0.05) is 11.6 Å². The van der Waals surface area contributed by atoms with Gasteiger partial charge in [0.15, 0.2) is 0 Å². The second-order valence-electron chi connectivity index (χ2n) is 9.14. The molecule has 1 N–H and O–H groups in total. The van der Waals surface area contributed by atoms with E-state index >= 15 is 0 Å². The van der Waals surface area contributed by atoms with Crippen LogP contribution in [0.1, 0.15) is 6.92 Å². The summed E-state index contributed by atoms with van der Waals surface area (Å²) in [6.45, 7) is 6.47. The van der Waals surface area contributed by atoms with Gasteiger partial charge in [0.25, 0.3) is 5.56 Å².